The third kappa shape index (κ3) is 5.22. The van der Waals surface area contributed by atoms with Gasteiger partial charge < -0.3 is 19.5 Å². The zero-order valence-electron chi connectivity index (χ0n) is 18.8. The van der Waals surface area contributed by atoms with Crippen LogP contribution in [0.3, 0.4) is 0 Å². The van der Waals surface area contributed by atoms with Crippen LogP contribution in [-0.4, -0.2) is 31.6 Å². The van der Waals surface area contributed by atoms with Gasteiger partial charge in [-0.25, -0.2) is 19.6 Å². The highest BCUT2D eigenvalue weighted by Crippen LogP contribution is 2.37. The van der Waals surface area contributed by atoms with E-state index >= 15 is 0 Å². The first-order valence-electron chi connectivity index (χ1n) is 10.4. The van der Waals surface area contributed by atoms with E-state index < -0.39 is 11.8 Å². The van der Waals surface area contributed by atoms with E-state index in [4.69, 9.17) is 14.2 Å². The fourth-order valence-electron chi connectivity index (χ4n) is 3.33. The Labute approximate surface area is 200 Å². The van der Waals surface area contributed by atoms with Crippen molar-refractivity contribution in [1.82, 2.24) is 10.4 Å². The molecular weight excluding hydrogens is 455 g/mol. The number of carbonyl (C=O) groups is 2. The molecule has 4 rings (SSSR count). The molecule has 3 aromatic carbocycles. The number of anilines is 2. The number of carbonyl (C=O) groups excluding carboxylic acids is 2. The molecule has 0 aliphatic rings. The summed E-state index contributed by atoms with van der Waals surface area (Å²) in [5, 5.41) is 4.06. The van der Waals surface area contributed by atoms with Crippen molar-refractivity contribution in [2.45, 2.75) is 0 Å². The molecule has 0 saturated carbocycles. The number of rotatable bonds is 8. The number of para-hydroxylation sites is 1. The summed E-state index contributed by atoms with van der Waals surface area (Å²) in [6.45, 7) is 0. The Morgan fingerprint density at radius 2 is 1.69 bits per heavy atom. The number of methoxy groups -OCH3 is 2. The number of nitrogens with zero attached hydrogens (tertiary/aromatic N) is 2. The molecule has 1 aromatic heterocycles. The highest BCUT2D eigenvalue weighted by atomic mass is 19.1. The molecule has 0 unspecified atom stereocenters. The van der Waals surface area contributed by atoms with E-state index in [0.717, 1.165) is 10.4 Å². The maximum absolute atomic E-state index is 13.9. The number of urea groups is 1. The zero-order valence-corrected chi connectivity index (χ0v) is 18.8. The van der Waals surface area contributed by atoms with Crippen LogP contribution in [0.15, 0.2) is 72.9 Å². The molecule has 9 nitrogen and oxygen atoms in total. The minimum Gasteiger partial charge on any atom is -0.493 e. The van der Waals surface area contributed by atoms with Crippen LogP contribution in [0.5, 0.6) is 23.0 Å². The van der Waals surface area contributed by atoms with Gasteiger partial charge in [0.1, 0.15) is 23.0 Å². The van der Waals surface area contributed by atoms with Crippen molar-refractivity contribution in [1.29, 1.82) is 0 Å². The van der Waals surface area contributed by atoms with Crippen molar-refractivity contribution >= 4 is 34.7 Å². The number of nitrogens with one attached hydrogen (secondary N) is 2. The van der Waals surface area contributed by atoms with Gasteiger partial charge in [0.2, 0.25) is 6.41 Å². The van der Waals surface area contributed by atoms with Gasteiger partial charge in [-0.1, -0.05) is 12.1 Å². The van der Waals surface area contributed by atoms with E-state index in [-0.39, 0.29) is 5.69 Å². The molecule has 0 saturated heterocycles. The van der Waals surface area contributed by atoms with Crippen LogP contribution in [0.1, 0.15) is 0 Å². The Balaban J connectivity index is 1.46. The molecule has 2 N–H and O–H groups in total. The largest absolute Gasteiger partial charge is 0.493 e. The molecule has 0 aliphatic heterocycles. The number of halogens is 1. The van der Waals surface area contributed by atoms with Crippen molar-refractivity contribution in [3.05, 3.63) is 78.7 Å². The van der Waals surface area contributed by atoms with Crippen molar-refractivity contribution in [3.8, 4) is 23.0 Å². The standard InChI is InChI=1S/C25H21FN4O5/c1-33-23-13-18-20(14-24(23)34-2)27-12-11-22(18)35-17-9-7-16(8-10-17)28-25(32)29-30(15-31)21-6-4-3-5-19(21)26/h3-15H,1-2H3,(H2,28,29,32). The second-order valence-electron chi connectivity index (χ2n) is 7.15. The van der Waals surface area contributed by atoms with Crippen LogP contribution in [0.2, 0.25) is 0 Å². The fourth-order valence-corrected chi connectivity index (χ4v) is 3.33. The summed E-state index contributed by atoms with van der Waals surface area (Å²) in [7, 11) is 3.10. The number of benzene rings is 3. The van der Waals surface area contributed by atoms with Gasteiger partial charge in [-0.2, -0.15) is 0 Å². The predicted octanol–water partition coefficient (Wildman–Crippen LogP) is 4.88. The first-order valence-corrected chi connectivity index (χ1v) is 10.4. The quantitative estimate of drug-likeness (QED) is 0.278. The van der Waals surface area contributed by atoms with Gasteiger partial charge in [-0.3, -0.25) is 9.78 Å². The Kier molecular flexibility index (Phi) is 6.91. The molecule has 178 valence electrons. The van der Waals surface area contributed by atoms with Crippen molar-refractivity contribution in [2.75, 3.05) is 24.5 Å². The van der Waals surface area contributed by atoms with Crippen LogP contribution in [0.25, 0.3) is 10.9 Å². The highest BCUT2D eigenvalue weighted by Gasteiger charge is 2.14. The maximum atomic E-state index is 13.9. The average molecular weight is 476 g/mol. The number of hydrazine groups is 1. The summed E-state index contributed by atoms with van der Waals surface area (Å²) in [6, 6.07) is 16.7. The van der Waals surface area contributed by atoms with Gasteiger partial charge in [-0.05, 0) is 48.5 Å². The van der Waals surface area contributed by atoms with Crippen molar-refractivity contribution < 1.29 is 28.2 Å². The summed E-state index contributed by atoms with van der Waals surface area (Å²) >= 11 is 0. The fraction of sp³-hybridized carbons (Fsp3) is 0.0800. The number of amides is 3. The summed E-state index contributed by atoms with van der Waals surface area (Å²) in [6.07, 6.45) is 1.93. The number of hydrogen-bond donors (Lipinski definition) is 2. The first-order chi connectivity index (χ1) is 17.0. The second kappa shape index (κ2) is 10.4. The second-order valence-corrected chi connectivity index (χ2v) is 7.15. The number of ether oxygens (including phenoxy) is 3. The number of hydrogen-bond acceptors (Lipinski definition) is 6. The molecule has 1 heterocycles. The average Bonchev–Trinajstić information content (AvgIpc) is 2.88. The first kappa shape index (κ1) is 23.3. The van der Waals surface area contributed by atoms with Crippen LogP contribution in [0.4, 0.5) is 20.6 Å². The summed E-state index contributed by atoms with van der Waals surface area (Å²) in [5.74, 6) is 1.52. The van der Waals surface area contributed by atoms with E-state index in [2.05, 4.69) is 15.7 Å². The van der Waals surface area contributed by atoms with Crippen LogP contribution >= 0.6 is 0 Å². The summed E-state index contributed by atoms with van der Waals surface area (Å²) in [5.41, 5.74) is 3.30. The Bertz CT molecular complexity index is 1360. The molecule has 0 spiro atoms. The topological polar surface area (TPSA) is 102 Å². The lowest BCUT2D eigenvalue weighted by atomic mass is 10.2. The van der Waals surface area contributed by atoms with Gasteiger partial charge in [0.25, 0.3) is 0 Å². The monoisotopic (exact) mass is 476 g/mol. The lowest BCUT2D eigenvalue weighted by Gasteiger charge is -2.19. The lowest BCUT2D eigenvalue weighted by molar-refractivity contribution is -0.107. The molecule has 10 heteroatoms. The molecule has 3 amide bonds. The van der Waals surface area contributed by atoms with E-state index in [9.17, 15) is 14.0 Å². The lowest BCUT2D eigenvalue weighted by Crippen LogP contribution is -2.44. The Hall–Kier alpha value is -4.86. The molecule has 0 radical (unpaired) electrons. The Morgan fingerprint density at radius 1 is 0.971 bits per heavy atom. The van der Waals surface area contributed by atoms with Crippen LogP contribution in [-0.2, 0) is 4.79 Å². The molecule has 0 aliphatic carbocycles. The minimum atomic E-state index is -0.727. The van der Waals surface area contributed by atoms with E-state index in [1.54, 1.807) is 68.9 Å². The van der Waals surface area contributed by atoms with Gasteiger partial charge in [0.05, 0.1) is 19.7 Å². The maximum Gasteiger partial charge on any atom is 0.338 e. The normalized spacial score (nSPS) is 10.4. The minimum absolute atomic E-state index is 0.0831. The molecule has 35 heavy (non-hydrogen) atoms. The van der Waals surface area contributed by atoms with Crippen LogP contribution in [0, 0.1) is 5.82 Å². The predicted molar refractivity (Wildman–Crippen MR) is 128 cm³/mol. The highest BCUT2D eigenvalue weighted by molar-refractivity contribution is 5.93. The summed E-state index contributed by atoms with van der Waals surface area (Å²) < 4.78 is 30.6. The SMILES string of the molecule is COc1cc2nccc(Oc3ccc(NC(=O)NN(C=O)c4ccccc4F)cc3)c2cc1OC. The third-order valence-corrected chi connectivity index (χ3v) is 4.99. The zero-order chi connectivity index (χ0) is 24.8. The number of pyridine rings is 1. The smallest absolute Gasteiger partial charge is 0.338 e. The molecule has 4 aromatic rings. The third-order valence-electron chi connectivity index (χ3n) is 4.99. The van der Waals surface area contributed by atoms with Gasteiger partial charge in [0.15, 0.2) is 11.5 Å². The van der Waals surface area contributed by atoms with Gasteiger partial charge in [-0.15, -0.1) is 0 Å². The molecule has 0 fully saturated rings. The molecular formula is C25H21FN4O5. The van der Waals surface area contributed by atoms with Gasteiger partial charge in [0, 0.05) is 23.3 Å². The van der Waals surface area contributed by atoms with Crippen molar-refractivity contribution in [3.63, 3.8) is 0 Å². The Morgan fingerprint density at radius 3 is 2.37 bits per heavy atom. The van der Waals surface area contributed by atoms with Gasteiger partial charge >= 0.3 is 6.03 Å². The number of fused-ring (bicyclic) bond motifs is 1. The van der Waals surface area contributed by atoms with E-state index in [1.165, 1.54) is 18.2 Å². The van der Waals surface area contributed by atoms with Crippen LogP contribution < -0.4 is 30.0 Å². The van der Waals surface area contributed by atoms with E-state index in [1.807, 2.05) is 0 Å². The molecule has 0 atom stereocenters. The summed E-state index contributed by atoms with van der Waals surface area (Å²) in [4.78, 5) is 28.0. The number of aromatic nitrogens is 1. The van der Waals surface area contributed by atoms with E-state index in [0.29, 0.717) is 40.6 Å². The van der Waals surface area contributed by atoms with Crippen molar-refractivity contribution in [2.24, 2.45) is 0 Å². The molecule has 0 bridgehead atoms.